The summed E-state index contributed by atoms with van der Waals surface area (Å²) in [5, 5.41) is 19.2. The van der Waals surface area contributed by atoms with E-state index >= 15 is 0 Å². The molecule has 3 aliphatic rings. The van der Waals surface area contributed by atoms with E-state index in [1.54, 1.807) is 6.08 Å². The number of fused-ring (bicyclic) bond motifs is 1. The Hall–Kier alpha value is -2.41. The SMILES string of the molecule is C=C1CC[C@@H]2[C@](C)(CO)[C@H](OC(=O)CCC(=O)O)CC[C@@]2(C)[C@@H]1C/C=C1\C=COC1=O. The molecule has 0 saturated heterocycles. The largest absolute Gasteiger partial charge is 0.481 e. The third-order valence-corrected chi connectivity index (χ3v) is 7.71. The molecule has 0 radical (unpaired) electrons. The van der Waals surface area contributed by atoms with Crippen LogP contribution in [0.25, 0.3) is 0 Å². The van der Waals surface area contributed by atoms with Gasteiger partial charge in [-0.25, -0.2) is 4.79 Å². The van der Waals surface area contributed by atoms with Gasteiger partial charge in [0.05, 0.1) is 31.3 Å². The van der Waals surface area contributed by atoms with Crippen molar-refractivity contribution in [1.29, 1.82) is 0 Å². The molecule has 0 amide bonds. The molecular formula is C24H32O7. The highest BCUT2D eigenvalue weighted by atomic mass is 16.5. The number of ether oxygens (including phenoxy) is 2. The van der Waals surface area contributed by atoms with Crippen LogP contribution in [0.2, 0.25) is 0 Å². The quantitative estimate of drug-likeness (QED) is 0.360. The number of aliphatic carboxylic acids is 1. The normalized spacial score (nSPS) is 36.2. The van der Waals surface area contributed by atoms with Gasteiger partial charge in [0, 0.05) is 5.41 Å². The van der Waals surface area contributed by atoms with E-state index in [4.69, 9.17) is 14.6 Å². The van der Waals surface area contributed by atoms with Crippen LogP contribution < -0.4 is 0 Å². The zero-order valence-electron chi connectivity index (χ0n) is 18.3. The molecule has 0 aromatic heterocycles. The van der Waals surface area contributed by atoms with E-state index in [9.17, 15) is 19.5 Å². The lowest BCUT2D eigenvalue weighted by molar-refractivity contribution is -0.187. The molecule has 1 heterocycles. The lowest BCUT2D eigenvalue weighted by atomic mass is 9.46. The van der Waals surface area contributed by atoms with Gasteiger partial charge < -0.3 is 19.7 Å². The van der Waals surface area contributed by atoms with Crippen LogP contribution in [0.4, 0.5) is 0 Å². The van der Waals surface area contributed by atoms with E-state index in [-0.39, 0.29) is 42.7 Å². The minimum Gasteiger partial charge on any atom is -0.481 e. The van der Waals surface area contributed by atoms with Gasteiger partial charge in [-0.1, -0.05) is 32.1 Å². The fraction of sp³-hybridized carbons (Fsp3) is 0.625. The predicted molar refractivity (Wildman–Crippen MR) is 113 cm³/mol. The molecule has 7 nitrogen and oxygen atoms in total. The minimum absolute atomic E-state index is 0.0935. The number of cyclic esters (lactones) is 1. The molecule has 0 aromatic rings. The summed E-state index contributed by atoms with van der Waals surface area (Å²) in [6.07, 6.45) is 7.74. The second-order valence-corrected chi connectivity index (χ2v) is 9.49. The third-order valence-electron chi connectivity index (χ3n) is 7.71. The van der Waals surface area contributed by atoms with Gasteiger partial charge in [-0.3, -0.25) is 9.59 Å². The molecule has 2 N–H and O–H groups in total. The van der Waals surface area contributed by atoms with Crippen LogP contribution in [0.5, 0.6) is 0 Å². The number of aliphatic hydroxyl groups excluding tert-OH is 1. The van der Waals surface area contributed by atoms with E-state index in [1.807, 2.05) is 13.0 Å². The summed E-state index contributed by atoms with van der Waals surface area (Å²) in [5.41, 5.74) is 0.886. The summed E-state index contributed by atoms with van der Waals surface area (Å²) in [5.74, 6) is -1.70. The van der Waals surface area contributed by atoms with Gasteiger partial charge in [-0.15, -0.1) is 0 Å². The average molecular weight is 433 g/mol. The lowest BCUT2D eigenvalue weighted by Gasteiger charge is -2.60. The molecule has 31 heavy (non-hydrogen) atoms. The maximum absolute atomic E-state index is 12.2. The van der Waals surface area contributed by atoms with E-state index in [0.29, 0.717) is 18.4 Å². The zero-order chi connectivity index (χ0) is 22.8. The van der Waals surface area contributed by atoms with Crippen molar-refractivity contribution in [2.45, 2.75) is 64.9 Å². The summed E-state index contributed by atoms with van der Waals surface area (Å²) < 4.78 is 10.6. The van der Waals surface area contributed by atoms with Crippen LogP contribution in [0.3, 0.4) is 0 Å². The zero-order valence-corrected chi connectivity index (χ0v) is 18.3. The highest BCUT2D eigenvalue weighted by Gasteiger charge is 2.58. The van der Waals surface area contributed by atoms with Crippen molar-refractivity contribution in [3.63, 3.8) is 0 Å². The number of hydrogen-bond acceptors (Lipinski definition) is 6. The van der Waals surface area contributed by atoms with Crippen molar-refractivity contribution in [2.24, 2.45) is 22.7 Å². The van der Waals surface area contributed by atoms with E-state index < -0.39 is 23.5 Å². The van der Waals surface area contributed by atoms with Gasteiger partial charge in [0.1, 0.15) is 6.10 Å². The first-order valence-electron chi connectivity index (χ1n) is 10.9. The van der Waals surface area contributed by atoms with Crippen molar-refractivity contribution >= 4 is 17.9 Å². The summed E-state index contributed by atoms with van der Waals surface area (Å²) in [6.45, 7) is 8.36. The van der Waals surface area contributed by atoms with Crippen LogP contribution in [0.15, 0.2) is 36.1 Å². The molecule has 0 aromatic carbocycles. The molecule has 2 saturated carbocycles. The number of esters is 2. The Labute approximate surface area is 182 Å². The summed E-state index contributed by atoms with van der Waals surface area (Å²) in [6, 6.07) is 0. The first-order valence-corrected chi connectivity index (χ1v) is 10.9. The van der Waals surface area contributed by atoms with Gasteiger partial charge in [-0.05, 0) is 55.4 Å². The number of carbonyl (C=O) groups is 3. The highest BCUT2D eigenvalue weighted by Crippen LogP contribution is 2.62. The Kier molecular flexibility index (Phi) is 6.74. The van der Waals surface area contributed by atoms with Gasteiger partial charge in [0.2, 0.25) is 0 Å². The summed E-state index contributed by atoms with van der Waals surface area (Å²) in [7, 11) is 0. The van der Waals surface area contributed by atoms with Crippen molar-refractivity contribution in [3.05, 3.63) is 36.1 Å². The van der Waals surface area contributed by atoms with Crippen LogP contribution in [0, 0.1) is 22.7 Å². The third kappa shape index (κ3) is 4.47. The molecule has 0 bridgehead atoms. The van der Waals surface area contributed by atoms with Crippen molar-refractivity contribution < 1.29 is 34.1 Å². The fourth-order valence-electron chi connectivity index (χ4n) is 5.94. The van der Waals surface area contributed by atoms with Crippen LogP contribution in [-0.2, 0) is 23.9 Å². The van der Waals surface area contributed by atoms with Crippen molar-refractivity contribution in [2.75, 3.05) is 6.61 Å². The maximum Gasteiger partial charge on any atom is 0.342 e. The fourth-order valence-corrected chi connectivity index (χ4v) is 5.94. The molecule has 1 aliphatic heterocycles. The number of allylic oxidation sites excluding steroid dienone is 2. The number of aliphatic hydroxyl groups is 1. The number of carboxylic acid groups (broad SMARTS) is 1. The molecular weight excluding hydrogens is 400 g/mol. The molecule has 0 unspecified atom stereocenters. The molecule has 2 aliphatic carbocycles. The highest BCUT2D eigenvalue weighted by molar-refractivity contribution is 5.94. The van der Waals surface area contributed by atoms with Gasteiger partial charge in [0.15, 0.2) is 0 Å². The second-order valence-electron chi connectivity index (χ2n) is 9.49. The van der Waals surface area contributed by atoms with Gasteiger partial charge in [0.25, 0.3) is 0 Å². The predicted octanol–water partition coefficient (Wildman–Crippen LogP) is 3.53. The Bertz CT molecular complexity index is 826. The maximum atomic E-state index is 12.2. The molecule has 170 valence electrons. The minimum atomic E-state index is -1.04. The topological polar surface area (TPSA) is 110 Å². The molecule has 2 fully saturated rings. The van der Waals surface area contributed by atoms with Gasteiger partial charge >= 0.3 is 17.9 Å². The number of carboxylic acids is 1. The van der Waals surface area contributed by atoms with E-state index in [0.717, 1.165) is 24.8 Å². The van der Waals surface area contributed by atoms with Gasteiger partial charge in [-0.2, -0.15) is 0 Å². The lowest BCUT2D eigenvalue weighted by Crippen LogP contribution is -2.58. The van der Waals surface area contributed by atoms with Crippen LogP contribution in [-0.4, -0.2) is 40.8 Å². The Balaban J connectivity index is 1.80. The average Bonchev–Trinajstić information content (AvgIpc) is 3.13. The Morgan fingerprint density at radius 3 is 2.68 bits per heavy atom. The summed E-state index contributed by atoms with van der Waals surface area (Å²) in [4.78, 5) is 34.8. The number of rotatable bonds is 7. The Morgan fingerprint density at radius 2 is 2.06 bits per heavy atom. The smallest absolute Gasteiger partial charge is 0.342 e. The van der Waals surface area contributed by atoms with E-state index in [2.05, 4.69) is 13.5 Å². The number of carbonyl (C=O) groups excluding carboxylic acids is 2. The molecule has 3 rings (SSSR count). The van der Waals surface area contributed by atoms with E-state index in [1.165, 1.54) is 6.26 Å². The van der Waals surface area contributed by atoms with Crippen LogP contribution in [0.1, 0.15) is 58.8 Å². The van der Waals surface area contributed by atoms with Crippen molar-refractivity contribution in [3.8, 4) is 0 Å². The van der Waals surface area contributed by atoms with Crippen LogP contribution >= 0.6 is 0 Å². The number of hydrogen-bond donors (Lipinski definition) is 2. The molecule has 7 heteroatoms. The summed E-state index contributed by atoms with van der Waals surface area (Å²) >= 11 is 0. The first-order chi connectivity index (χ1) is 14.6. The Morgan fingerprint density at radius 1 is 1.32 bits per heavy atom. The molecule has 5 atom stereocenters. The standard InChI is InChI=1S/C24H32O7/c1-15-4-7-18-23(2,17(15)6-5-16-11-13-30-22(16)29)12-10-19(24(18,3)14-25)31-21(28)9-8-20(26)27/h5,11,13,17-19,25H,1,4,6-10,12,14H2,2-3H3,(H,26,27)/b16-5+/t17-,18+,19-,23+,24+/m1/s1. The first kappa shape index (κ1) is 23.3. The second kappa shape index (κ2) is 8.99. The van der Waals surface area contributed by atoms with Crippen molar-refractivity contribution in [1.82, 2.24) is 0 Å². The monoisotopic (exact) mass is 432 g/mol. The molecule has 0 spiro atoms.